The third-order valence-electron chi connectivity index (χ3n) is 3.81. The normalized spacial score (nSPS) is 16.0. The Bertz CT molecular complexity index is 603. The van der Waals surface area contributed by atoms with Crippen molar-refractivity contribution in [1.29, 1.82) is 0 Å². The highest BCUT2D eigenvalue weighted by Gasteiger charge is 2.22. The second-order valence-electron chi connectivity index (χ2n) is 5.19. The van der Waals surface area contributed by atoms with Crippen LogP contribution >= 0.6 is 0 Å². The maximum atomic E-state index is 12.1. The smallest absolute Gasteiger partial charge is 0.255 e. The van der Waals surface area contributed by atoms with E-state index in [1.54, 1.807) is 37.8 Å². The summed E-state index contributed by atoms with van der Waals surface area (Å²) in [6, 6.07) is 1.90. The summed E-state index contributed by atoms with van der Waals surface area (Å²) in [5.41, 5.74) is 0.617. The number of amides is 1. The van der Waals surface area contributed by atoms with E-state index in [4.69, 9.17) is 4.42 Å². The largest absolute Gasteiger partial charge is 0.469 e. The van der Waals surface area contributed by atoms with Gasteiger partial charge in [0.05, 0.1) is 18.0 Å². The average molecular weight is 286 g/mol. The van der Waals surface area contributed by atoms with E-state index in [0.717, 1.165) is 31.7 Å². The lowest BCUT2D eigenvalue weighted by Crippen LogP contribution is -2.45. The summed E-state index contributed by atoms with van der Waals surface area (Å²) in [6.07, 6.45) is 8.49. The SMILES string of the molecule is Cc1occc1C(=O)NC1CCN(c2cnccn2)CC1. The molecular weight excluding hydrogens is 268 g/mol. The van der Waals surface area contributed by atoms with Gasteiger partial charge in [-0.05, 0) is 25.8 Å². The Balaban J connectivity index is 1.55. The molecule has 0 saturated carbocycles. The molecule has 6 heteroatoms. The van der Waals surface area contributed by atoms with Crippen LogP contribution in [0.4, 0.5) is 5.82 Å². The van der Waals surface area contributed by atoms with Gasteiger partial charge in [0, 0.05) is 31.5 Å². The van der Waals surface area contributed by atoms with Gasteiger partial charge in [-0.1, -0.05) is 0 Å². The van der Waals surface area contributed by atoms with Gasteiger partial charge in [0.15, 0.2) is 0 Å². The molecule has 1 saturated heterocycles. The molecule has 0 aromatic carbocycles. The number of aromatic nitrogens is 2. The van der Waals surface area contributed by atoms with E-state index >= 15 is 0 Å². The van der Waals surface area contributed by atoms with Crippen LogP contribution in [0.15, 0.2) is 35.3 Å². The number of rotatable bonds is 3. The fraction of sp³-hybridized carbons (Fsp3) is 0.400. The molecule has 110 valence electrons. The molecular formula is C15H18N4O2. The van der Waals surface area contributed by atoms with Crippen LogP contribution in [0.2, 0.25) is 0 Å². The van der Waals surface area contributed by atoms with E-state index in [9.17, 15) is 4.79 Å². The molecule has 0 atom stereocenters. The number of piperidine rings is 1. The highest BCUT2D eigenvalue weighted by Crippen LogP contribution is 2.17. The van der Waals surface area contributed by atoms with Crippen molar-refractivity contribution in [3.8, 4) is 0 Å². The Morgan fingerprint density at radius 2 is 2.19 bits per heavy atom. The maximum Gasteiger partial charge on any atom is 0.255 e. The summed E-state index contributed by atoms with van der Waals surface area (Å²) in [6.45, 7) is 3.54. The topological polar surface area (TPSA) is 71.3 Å². The van der Waals surface area contributed by atoms with Gasteiger partial charge in [0.1, 0.15) is 11.6 Å². The zero-order valence-corrected chi connectivity index (χ0v) is 12.0. The number of nitrogens with one attached hydrogen (secondary N) is 1. The molecule has 1 aliphatic heterocycles. The molecule has 1 amide bonds. The van der Waals surface area contributed by atoms with Crippen LogP contribution in [-0.4, -0.2) is 35.0 Å². The number of nitrogens with zero attached hydrogens (tertiary/aromatic N) is 3. The Morgan fingerprint density at radius 1 is 1.38 bits per heavy atom. The number of furan rings is 1. The van der Waals surface area contributed by atoms with E-state index in [1.165, 1.54) is 0 Å². The molecule has 6 nitrogen and oxygen atoms in total. The van der Waals surface area contributed by atoms with Crippen LogP contribution in [0.1, 0.15) is 29.0 Å². The van der Waals surface area contributed by atoms with Crippen molar-refractivity contribution in [1.82, 2.24) is 15.3 Å². The van der Waals surface area contributed by atoms with Crippen molar-refractivity contribution >= 4 is 11.7 Å². The molecule has 3 heterocycles. The number of aryl methyl sites for hydroxylation is 1. The summed E-state index contributed by atoms with van der Waals surface area (Å²) >= 11 is 0. The van der Waals surface area contributed by atoms with Crippen molar-refractivity contribution in [3.05, 3.63) is 42.2 Å². The molecule has 1 fully saturated rings. The number of hydrogen-bond donors (Lipinski definition) is 1. The van der Waals surface area contributed by atoms with Gasteiger partial charge in [-0.2, -0.15) is 0 Å². The van der Waals surface area contributed by atoms with E-state index in [-0.39, 0.29) is 11.9 Å². The van der Waals surface area contributed by atoms with Gasteiger partial charge in [-0.25, -0.2) is 4.98 Å². The third kappa shape index (κ3) is 3.04. The van der Waals surface area contributed by atoms with Crippen molar-refractivity contribution in [3.63, 3.8) is 0 Å². The Morgan fingerprint density at radius 3 is 2.81 bits per heavy atom. The molecule has 2 aromatic rings. The fourth-order valence-electron chi connectivity index (χ4n) is 2.59. The predicted molar refractivity (Wildman–Crippen MR) is 78.2 cm³/mol. The Hall–Kier alpha value is -2.37. The van der Waals surface area contributed by atoms with Gasteiger partial charge in [0.25, 0.3) is 5.91 Å². The number of carbonyl (C=O) groups excluding carboxylic acids is 1. The van der Waals surface area contributed by atoms with Crippen molar-refractivity contribution < 1.29 is 9.21 Å². The quantitative estimate of drug-likeness (QED) is 0.931. The number of hydrogen-bond acceptors (Lipinski definition) is 5. The van der Waals surface area contributed by atoms with Gasteiger partial charge in [-0.15, -0.1) is 0 Å². The molecule has 2 aromatic heterocycles. The fourth-order valence-corrected chi connectivity index (χ4v) is 2.59. The minimum Gasteiger partial charge on any atom is -0.469 e. The second kappa shape index (κ2) is 5.95. The molecule has 21 heavy (non-hydrogen) atoms. The number of carbonyl (C=O) groups is 1. The van der Waals surface area contributed by atoms with Crippen LogP contribution in [-0.2, 0) is 0 Å². The molecule has 3 rings (SSSR count). The van der Waals surface area contributed by atoms with Crippen LogP contribution in [0, 0.1) is 6.92 Å². The summed E-state index contributed by atoms with van der Waals surface area (Å²) < 4.78 is 5.17. The molecule has 0 aliphatic carbocycles. The van der Waals surface area contributed by atoms with E-state index in [1.807, 2.05) is 0 Å². The highest BCUT2D eigenvalue weighted by molar-refractivity contribution is 5.95. The zero-order valence-electron chi connectivity index (χ0n) is 12.0. The zero-order chi connectivity index (χ0) is 14.7. The monoisotopic (exact) mass is 286 g/mol. The van der Waals surface area contributed by atoms with E-state index in [0.29, 0.717) is 11.3 Å². The van der Waals surface area contributed by atoms with Crippen LogP contribution < -0.4 is 10.2 Å². The molecule has 1 N–H and O–H groups in total. The second-order valence-corrected chi connectivity index (χ2v) is 5.19. The summed E-state index contributed by atoms with van der Waals surface area (Å²) in [4.78, 5) is 22.7. The van der Waals surface area contributed by atoms with Gasteiger partial charge in [-0.3, -0.25) is 9.78 Å². The highest BCUT2D eigenvalue weighted by atomic mass is 16.3. The van der Waals surface area contributed by atoms with Crippen LogP contribution in [0.3, 0.4) is 0 Å². The predicted octanol–water partition coefficient (Wildman–Crippen LogP) is 1.78. The van der Waals surface area contributed by atoms with Crippen molar-refractivity contribution in [2.45, 2.75) is 25.8 Å². The summed E-state index contributed by atoms with van der Waals surface area (Å²) in [7, 11) is 0. The summed E-state index contributed by atoms with van der Waals surface area (Å²) in [5, 5.41) is 3.07. The molecule has 1 aliphatic rings. The average Bonchev–Trinajstić information content (AvgIpc) is 2.95. The van der Waals surface area contributed by atoms with Gasteiger partial charge in [0.2, 0.25) is 0 Å². The van der Waals surface area contributed by atoms with Gasteiger partial charge >= 0.3 is 0 Å². The molecule has 0 radical (unpaired) electrons. The van der Waals surface area contributed by atoms with Crippen molar-refractivity contribution in [2.24, 2.45) is 0 Å². The third-order valence-corrected chi connectivity index (χ3v) is 3.81. The van der Waals surface area contributed by atoms with E-state index < -0.39 is 0 Å². The Labute approximate surface area is 123 Å². The number of anilines is 1. The maximum absolute atomic E-state index is 12.1. The summed E-state index contributed by atoms with van der Waals surface area (Å²) in [5.74, 6) is 1.50. The molecule has 0 bridgehead atoms. The standard InChI is InChI=1S/C15H18N4O2/c1-11-13(4-9-21-11)15(20)18-12-2-7-19(8-3-12)14-10-16-5-6-17-14/h4-6,9-10,12H,2-3,7-8H2,1H3,(H,18,20). The van der Waals surface area contributed by atoms with Crippen LogP contribution in [0.25, 0.3) is 0 Å². The van der Waals surface area contributed by atoms with Crippen molar-refractivity contribution in [2.75, 3.05) is 18.0 Å². The lowest BCUT2D eigenvalue weighted by atomic mass is 10.0. The molecule has 0 spiro atoms. The first kappa shape index (κ1) is 13.6. The van der Waals surface area contributed by atoms with E-state index in [2.05, 4.69) is 20.2 Å². The minimum absolute atomic E-state index is 0.0563. The first-order chi connectivity index (χ1) is 10.2. The lowest BCUT2D eigenvalue weighted by molar-refractivity contribution is 0.0929. The first-order valence-corrected chi connectivity index (χ1v) is 7.10. The Kier molecular flexibility index (Phi) is 3.85. The van der Waals surface area contributed by atoms with Crippen LogP contribution in [0.5, 0.6) is 0 Å². The first-order valence-electron chi connectivity index (χ1n) is 7.10. The lowest BCUT2D eigenvalue weighted by Gasteiger charge is -2.32. The van der Waals surface area contributed by atoms with Gasteiger partial charge < -0.3 is 14.6 Å². The molecule has 0 unspecified atom stereocenters. The minimum atomic E-state index is -0.0563.